The molecule has 0 saturated carbocycles. The van der Waals surface area contributed by atoms with Gasteiger partial charge in [0.15, 0.2) is 0 Å². The van der Waals surface area contributed by atoms with Crippen LogP contribution in [0, 0.1) is 6.92 Å². The van der Waals surface area contributed by atoms with E-state index in [1.54, 1.807) is 19.2 Å². The van der Waals surface area contributed by atoms with Crippen LogP contribution in [0.4, 0.5) is 11.4 Å². The summed E-state index contributed by atoms with van der Waals surface area (Å²) in [6.45, 7) is 2.38. The van der Waals surface area contributed by atoms with Gasteiger partial charge in [0.1, 0.15) is 5.75 Å². The number of aryl methyl sites for hydroxylation is 2. The van der Waals surface area contributed by atoms with Crippen molar-refractivity contribution in [3.63, 3.8) is 0 Å². The normalized spacial score (nSPS) is 15.6. The second kappa shape index (κ2) is 8.00. The summed E-state index contributed by atoms with van der Waals surface area (Å²) in [5.41, 5.74) is 3.26. The lowest BCUT2D eigenvalue weighted by atomic mass is 10.1. The van der Waals surface area contributed by atoms with Crippen LogP contribution in [0.2, 0.25) is 0 Å². The van der Waals surface area contributed by atoms with Gasteiger partial charge in [-0.05, 0) is 61.2 Å². The van der Waals surface area contributed by atoms with Crippen molar-refractivity contribution in [2.24, 2.45) is 0 Å². The molecule has 1 aliphatic heterocycles. The lowest BCUT2D eigenvalue weighted by Gasteiger charge is -2.18. The second-order valence-electron chi connectivity index (χ2n) is 6.64. The van der Waals surface area contributed by atoms with E-state index in [9.17, 15) is 13.2 Å². The fourth-order valence-electron chi connectivity index (χ4n) is 3.14. The molecule has 0 spiro atoms. The number of nitrogens with zero attached hydrogens (tertiary/aromatic N) is 1. The SMILES string of the molecule is COc1ccc(CCC(=O)Nc2ccc(N3CCCS3(=O)=O)cc2C)cc1. The molecule has 2 aromatic rings. The van der Waals surface area contributed by atoms with E-state index >= 15 is 0 Å². The van der Waals surface area contributed by atoms with Crippen LogP contribution in [0.25, 0.3) is 0 Å². The summed E-state index contributed by atoms with van der Waals surface area (Å²) in [6, 6.07) is 13.0. The lowest BCUT2D eigenvalue weighted by Crippen LogP contribution is -2.25. The highest BCUT2D eigenvalue weighted by Gasteiger charge is 2.28. The van der Waals surface area contributed by atoms with Gasteiger partial charge in [-0.25, -0.2) is 8.42 Å². The molecule has 27 heavy (non-hydrogen) atoms. The lowest BCUT2D eigenvalue weighted by molar-refractivity contribution is -0.116. The fraction of sp³-hybridized carbons (Fsp3) is 0.350. The first-order chi connectivity index (χ1) is 12.9. The number of nitrogens with one attached hydrogen (secondary N) is 1. The van der Waals surface area contributed by atoms with E-state index in [1.165, 1.54) is 4.31 Å². The van der Waals surface area contributed by atoms with Gasteiger partial charge in [-0.15, -0.1) is 0 Å². The Morgan fingerprint density at radius 2 is 1.93 bits per heavy atom. The van der Waals surface area contributed by atoms with Crippen molar-refractivity contribution < 1.29 is 17.9 Å². The number of anilines is 2. The standard InChI is InChI=1S/C20H24N2O4S/c1-15-14-17(22-12-3-13-27(22,24)25)7-10-19(15)21-20(23)11-6-16-4-8-18(26-2)9-5-16/h4-5,7-10,14H,3,6,11-13H2,1-2H3,(H,21,23). The molecule has 1 saturated heterocycles. The van der Waals surface area contributed by atoms with Gasteiger partial charge in [-0.2, -0.15) is 0 Å². The number of benzene rings is 2. The van der Waals surface area contributed by atoms with Crippen LogP contribution in [0.15, 0.2) is 42.5 Å². The predicted octanol–water partition coefficient (Wildman–Crippen LogP) is 3.11. The Bertz CT molecular complexity index is 923. The third-order valence-corrected chi connectivity index (χ3v) is 6.54. The van der Waals surface area contributed by atoms with Gasteiger partial charge in [0.25, 0.3) is 0 Å². The maximum absolute atomic E-state index is 12.3. The van der Waals surface area contributed by atoms with Gasteiger partial charge in [0, 0.05) is 18.7 Å². The molecule has 0 aromatic heterocycles. The Labute approximate surface area is 160 Å². The minimum absolute atomic E-state index is 0.0736. The Morgan fingerprint density at radius 1 is 1.19 bits per heavy atom. The molecule has 0 radical (unpaired) electrons. The monoisotopic (exact) mass is 388 g/mol. The summed E-state index contributed by atoms with van der Waals surface area (Å²) >= 11 is 0. The van der Waals surface area contributed by atoms with Crippen molar-refractivity contribution >= 4 is 27.3 Å². The molecule has 0 bridgehead atoms. The van der Waals surface area contributed by atoms with E-state index in [1.807, 2.05) is 37.3 Å². The highest BCUT2D eigenvalue weighted by Crippen LogP contribution is 2.28. The number of hydrogen-bond acceptors (Lipinski definition) is 4. The van der Waals surface area contributed by atoms with Crippen molar-refractivity contribution in [2.75, 3.05) is 29.0 Å². The van der Waals surface area contributed by atoms with Crippen LogP contribution >= 0.6 is 0 Å². The highest BCUT2D eigenvalue weighted by molar-refractivity contribution is 7.93. The average Bonchev–Trinajstić information content (AvgIpc) is 3.01. The van der Waals surface area contributed by atoms with E-state index in [-0.39, 0.29) is 11.7 Å². The molecule has 1 aliphatic rings. The molecule has 0 atom stereocenters. The zero-order valence-corrected chi connectivity index (χ0v) is 16.4. The molecule has 0 unspecified atom stereocenters. The predicted molar refractivity (Wildman–Crippen MR) is 107 cm³/mol. The number of rotatable bonds is 6. The average molecular weight is 388 g/mol. The van der Waals surface area contributed by atoms with E-state index < -0.39 is 10.0 Å². The quantitative estimate of drug-likeness (QED) is 0.825. The molecule has 0 aliphatic carbocycles. The van der Waals surface area contributed by atoms with Crippen molar-refractivity contribution in [1.29, 1.82) is 0 Å². The van der Waals surface area contributed by atoms with Crippen LogP contribution in [-0.2, 0) is 21.2 Å². The Morgan fingerprint density at radius 3 is 2.52 bits per heavy atom. The number of hydrogen-bond donors (Lipinski definition) is 1. The maximum atomic E-state index is 12.3. The van der Waals surface area contributed by atoms with Gasteiger partial charge in [-0.3, -0.25) is 9.10 Å². The van der Waals surface area contributed by atoms with Crippen molar-refractivity contribution in [2.45, 2.75) is 26.2 Å². The van der Waals surface area contributed by atoms with E-state index in [4.69, 9.17) is 4.74 Å². The largest absolute Gasteiger partial charge is 0.497 e. The van der Waals surface area contributed by atoms with Crippen molar-refractivity contribution in [1.82, 2.24) is 0 Å². The summed E-state index contributed by atoms with van der Waals surface area (Å²) in [4.78, 5) is 12.3. The van der Waals surface area contributed by atoms with Gasteiger partial charge in [0.05, 0.1) is 18.6 Å². The topological polar surface area (TPSA) is 75.7 Å². The highest BCUT2D eigenvalue weighted by atomic mass is 32.2. The third-order valence-electron chi connectivity index (χ3n) is 4.67. The zero-order chi connectivity index (χ0) is 19.4. The zero-order valence-electron chi connectivity index (χ0n) is 15.6. The van der Waals surface area contributed by atoms with E-state index in [0.29, 0.717) is 37.2 Å². The van der Waals surface area contributed by atoms with Crippen LogP contribution in [0.5, 0.6) is 5.75 Å². The fourth-order valence-corrected chi connectivity index (χ4v) is 4.69. The van der Waals surface area contributed by atoms with Crippen LogP contribution in [-0.4, -0.2) is 33.7 Å². The van der Waals surface area contributed by atoms with Crippen LogP contribution < -0.4 is 14.4 Å². The van der Waals surface area contributed by atoms with Gasteiger partial charge in [0.2, 0.25) is 15.9 Å². The molecule has 7 heteroatoms. The first kappa shape index (κ1) is 19.2. The van der Waals surface area contributed by atoms with E-state index in [0.717, 1.165) is 16.9 Å². The Hall–Kier alpha value is -2.54. The molecule has 3 rings (SSSR count). The summed E-state index contributed by atoms with van der Waals surface area (Å²) in [6.07, 6.45) is 1.65. The number of amides is 1. The van der Waals surface area contributed by atoms with Gasteiger partial charge in [-0.1, -0.05) is 12.1 Å². The number of carbonyl (C=O) groups is 1. The molecular formula is C20H24N2O4S. The van der Waals surface area contributed by atoms with Crippen LogP contribution in [0.3, 0.4) is 0 Å². The smallest absolute Gasteiger partial charge is 0.235 e. The first-order valence-corrected chi connectivity index (χ1v) is 10.5. The third kappa shape index (κ3) is 4.60. The van der Waals surface area contributed by atoms with Crippen molar-refractivity contribution in [3.8, 4) is 5.75 Å². The minimum Gasteiger partial charge on any atom is -0.497 e. The molecule has 6 nitrogen and oxygen atoms in total. The minimum atomic E-state index is -3.20. The Balaban J connectivity index is 1.60. The molecule has 1 amide bonds. The molecule has 2 aromatic carbocycles. The number of carbonyl (C=O) groups excluding carboxylic acids is 1. The number of methoxy groups -OCH3 is 1. The molecular weight excluding hydrogens is 364 g/mol. The molecule has 1 heterocycles. The Kier molecular flexibility index (Phi) is 5.70. The summed E-state index contributed by atoms with van der Waals surface area (Å²) in [7, 11) is -1.58. The molecule has 1 fully saturated rings. The first-order valence-electron chi connectivity index (χ1n) is 8.93. The molecule has 144 valence electrons. The summed E-state index contributed by atoms with van der Waals surface area (Å²) < 4.78 is 30.7. The maximum Gasteiger partial charge on any atom is 0.235 e. The summed E-state index contributed by atoms with van der Waals surface area (Å²) in [5, 5.41) is 2.91. The molecule has 1 N–H and O–H groups in total. The second-order valence-corrected chi connectivity index (χ2v) is 8.65. The number of ether oxygens (including phenoxy) is 1. The van der Waals surface area contributed by atoms with Gasteiger partial charge < -0.3 is 10.1 Å². The summed E-state index contributed by atoms with van der Waals surface area (Å²) in [5.74, 6) is 0.907. The van der Waals surface area contributed by atoms with Gasteiger partial charge >= 0.3 is 0 Å². The number of sulfonamides is 1. The van der Waals surface area contributed by atoms with Crippen LogP contribution in [0.1, 0.15) is 24.0 Å². The van der Waals surface area contributed by atoms with E-state index in [2.05, 4.69) is 5.32 Å². The van der Waals surface area contributed by atoms with Crippen molar-refractivity contribution in [3.05, 3.63) is 53.6 Å².